The Kier molecular flexibility index (Phi) is 9.73. The van der Waals surface area contributed by atoms with Gasteiger partial charge in [0.25, 0.3) is 0 Å². The topological polar surface area (TPSA) is 64.7 Å². The summed E-state index contributed by atoms with van der Waals surface area (Å²) in [5.41, 5.74) is 12.9. The molecule has 38 heavy (non-hydrogen) atoms. The van der Waals surface area contributed by atoms with Crippen LogP contribution in [0.1, 0.15) is 90.2 Å². The van der Waals surface area contributed by atoms with E-state index in [1.54, 1.807) is 11.1 Å². The predicted octanol–water partition coefficient (Wildman–Crippen LogP) is 7.36. The number of aliphatic hydroxyl groups is 1. The number of hydrogen-bond donors (Lipinski definition) is 2. The molecule has 0 amide bonds. The summed E-state index contributed by atoms with van der Waals surface area (Å²) in [4.78, 5) is 0. The molecule has 4 nitrogen and oxygen atoms in total. The maximum Gasteiger partial charge on any atom is 0.177 e. The zero-order valence-electron chi connectivity index (χ0n) is 24.5. The van der Waals surface area contributed by atoms with Crippen LogP contribution in [-0.4, -0.2) is 37.3 Å². The van der Waals surface area contributed by atoms with E-state index in [0.717, 1.165) is 32.5 Å². The quantitative estimate of drug-likeness (QED) is 0.425. The van der Waals surface area contributed by atoms with Crippen molar-refractivity contribution in [2.75, 3.05) is 19.8 Å². The minimum atomic E-state index is -0.181. The highest BCUT2D eigenvalue weighted by molar-refractivity contribution is 5.49. The molecule has 2 saturated carbocycles. The number of nitrogens with two attached hydrogens (primary N) is 1. The number of hydrogen-bond acceptors (Lipinski definition) is 4. The monoisotopic (exact) mass is 521 g/mol. The van der Waals surface area contributed by atoms with Gasteiger partial charge < -0.3 is 20.3 Å². The van der Waals surface area contributed by atoms with Gasteiger partial charge in [-0.2, -0.15) is 0 Å². The summed E-state index contributed by atoms with van der Waals surface area (Å²) >= 11 is 0. The number of allylic oxidation sites excluding steroid dienone is 3. The van der Waals surface area contributed by atoms with Gasteiger partial charge in [0.05, 0.1) is 19.3 Å². The molecule has 4 unspecified atom stereocenters. The molecule has 3 N–H and O–H groups in total. The van der Waals surface area contributed by atoms with Gasteiger partial charge in [-0.05, 0) is 91.9 Å². The van der Waals surface area contributed by atoms with Gasteiger partial charge in [0, 0.05) is 12.0 Å². The van der Waals surface area contributed by atoms with Crippen LogP contribution in [0, 0.1) is 29.6 Å². The largest absolute Gasteiger partial charge is 0.393 e. The van der Waals surface area contributed by atoms with E-state index in [2.05, 4.69) is 65.0 Å². The van der Waals surface area contributed by atoms with Crippen molar-refractivity contribution in [3.05, 3.63) is 64.3 Å². The van der Waals surface area contributed by atoms with Crippen molar-refractivity contribution in [1.82, 2.24) is 0 Å². The van der Waals surface area contributed by atoms with Gasteiger partial charge in [-0.1, -0.05) is 81.7 Å². The normalized spacial score (nSPS) is 32.2. The van der Waals surface area contributed by atoms with Crippen LogP contribution < -0.4 is 5.73 Å². The highest BCUT2D eigenvalue weighted by Gasteiger charge is 2.53. The van der Waals surface area contributed by atoms with E-state index in [-0.39, 0.29) is 23.2 Å². The van der Waals surface area contributed by atoms with Crippen molar-refractivity contribution in [2.24, 2.45) is 28.4 Å². The fraction of sp³-hybridized carbons (Fsp3) is 0.647. The smallest absolute Gasteiger partial charge is 0.177 e. The molecular formula is C34H51NO3. The number of benzene rings is 1. The number of fused-ring (bicyclic) bond motifs is 3. The van der Waals surface area contributed by atoms with Crippen LogP contribution in [0.15, 0.2) is 53.1 Å². The summed E-state index contributed by atoms with van der Waals surface area (Å²) in [6.45, 7) is 13.2. The Hall–Kier alpha value is -1.72. The molecule has 5 rings (SSSR count). The average Bonchev–Trinajstić information content (AvgIpc) is 3.21. The van der Waals surface area contributed by atoms with Crippen LogP contribution in [0.5, 0.6) is 0 Å². The lowest BCUT2D eigenvalue weighted by Gasteiger charge is -2.48. The lowest BCUT2D eigenvalue weighted by Crippen LogP contribution is -2.42. The molecule has 3 aliphatic carbocycles. The Morgan fingerprint density at radius 1 is 1.03 bits per heavy atom. The first kappa shape index (κ1) is 29.3. The summed E-state index contributed by atoms with van der Waals surface area (Å²) in [6.07, 6.45) is 15.2. The maximum atomic E-state index is 10.6. The average molecular weight is 522 g/mol. The standard InChI is InChI=1S/C24H38O3.C10H13N/c1-5-6-17-16(13-22-26-14-23(2,3)15-27-22)7-8-19-18(17)11-12-24(4)20(19)9-10-21(24)25;1-9-4-6-10(7-5-9)3-2-8-11/h13,19-22,25H,5-12,14-15H2,1-4H3;2-7H,8,11H2,1H3/b16-13-;3-2+. The van der Waals surface area contributed by atoms with E-state index in [4.69, 9.17) is 15.2 Å². The summed E-state index contributed by atoms with van der Waals surface area (Å²) < 4.78 is 12.0. The Balaban J connectivity index is 0.000000257. The molecule has 0 radical (unpaired) electrons. The molecule has 4 heteroatoms. The second kappa shape index (κ2) is 12.6. The Labute approximate surface area is 231 Å². The van der Waals surface area contributed by atoms with Crippen molar-refractivity contribution in [1.29, 1.82) is 0 Å². The van der Waals surface area contributed by atoms with Crippen molar-refractivity contribution in [3.8, 4) is 0 Å². The molecule has 4 aliphatic rings. The minimum absolute atomic E-state index is 0.0944. The number of rotatable bonds is 5. The Morgan fingerprint density at radius 3 is 2.39 bits per heavy atom. The van der Waals surface area contributed by atoms with Gasteiger partial charge in [0.1, 0.15) is 0 Å². The third-order valence-electron chi connectivity index (χ3n) is 9.36. The first-order valence-electron chi connectivity index (χ1n) is 14.9. The SMILES string of the molecule is CCCC1=C2CCC3(C)C(O)CCC3C2CC/C1=C/C1OCC(C)(C)CO1.Cc1ccc(/C=C/CN)cc1. The van der Waals surface area contributed by atoms with E-state index in [9.17, 15) is 5.11 Å². The Bertz CT molecular complexity index is 1010. The highest BCUT2D eigenvalue weighted by Crippen LogP contribution is 2.59. The van der Waals surface area contributed by atoms with Crippen molar-refractivity contribution in [2.45, 2.75) is 98.4 Å². The summed E-state index contributed by atoms with van der Waals surface area (Å²) in [7, 11) is 0. The first-order valence-corrected chi connectivity index (χ1v) is 14.9. The highest BCUT2D eigenvalue weighted by atomic mass is 16.7. The van der Waals surface area contributed by atoms with Gasteiger partial charge in [-0.15, -0.1) is 0 Å². The van der Waals surface area contributed by atoms with Crippen molar-refractivity contribution in [3.63, 3.8) is 0 Å². The van der Waals surface area contributed by atoms with E-state index < -0.39 is 0 Å². The van der Waals surface area contributed by atoms with Crippen molar-refractivity contribution < 1.29 is 14.6 Å². The van der Waals surface area contributed by atoms with Gasteiger partial charge in [0.2, 0.25) is 0 Å². The van der Waals surface area contributed by atoms with Crippen molar-refractivity contribution >= 4 is 6.08 Å². The fourth-order valence-corrected chi connectivity index (χ4v) is 7.11. The van der Waals surface area contributed by atoms with Crippen LogP contribution >= 0.6 is 0 Å². The van der Waals surface area contributed by atoms with Crippen LogP contribution in [-0.2, 0) is 9.47 Å². The molecule has 1 aromatic carbocycles. The number of aryl methyl sites for hydroxylation is 1. The molecule has 1 saturated heterocycles. The van der Waals surface area contributed by atoms with Crippen LogP contribution in [0.4, 0.5) is 0 Å². The molecule has 1 heterocycles. The Morgan fingerprint density at radius 2 is 1.74 bits per heavy atom. The number of ether oxygens (including phenoxy) is 2. The second-order valence-corrected chi connectivity index (χ2v) is 13.0. The number of aliphatic hydroxyl groups excluding tert-OH is 1. The van der Waals surface area contributed by atoms with E-state index in [1.165, 1.54) is 48.8 Å². The fourth-order valence-electron chi connectivity index (χ4n) is 7.11. The predicted molar refractivity (Wildman–Crippen MR) is 158 cm³/mol. The van der Waals surface area contributed by atoms with Crippen LogP contribution in [0.25, 0.3) is 6.08 Å². The van der Waals surface area contributed by atoms with Crippen LogP contribution in [0.3, 0.4) is 0 Å². The molecule has 0 aromatic heterocycles. The molecule has 0 spiro atoms. The maximum absolute atomic E-state index is 10.6. The molecule has 1 aromatic rings. The lowest BCUT2D eigenvalue weighted by molar-refractivity contribution is -0.197. The third kappa shape index (κ3) is 6.70. The zero-order chi connectivity index (χ0) is 27.3. The lowest BCUT2D eigenvalue weighted by atomic mass is 9.58. The summed E-state index contributed by atoms with van der Waals surface area (Å²) in [5.74, 6) is 1.36. The molecule has 0 bridgehead atoms. The van der Waals surface area contributed by atoms with Gasteiger partial charge in [-0.25, -0.2) is 0 Å². The van der Waals surface area contributed by atoms with E-state index in [0.29, 0.717) is 18.4 Å². The summed E-state index contributed by atoms with van der Waals surface area (Å²) in [5, 5.41) is 10.6. The van der Waals surface area contributed by atoms with Gasteiger partial charge in [-0.3, -0.25) is 0 Å². The molecule has 210 valence electrons. The molecule has 1 aliphatic heterocycles. The van der Waals surface area contributed by atoms with E-state index in [1.807, 2.05) is 12.2 Å². The molecule has 3 fully saturated rings. The minimum Gasteiger partial charge on any atom is -0.393 e. The first-order chi connectivity index (χ1) is 18.2. The second-order valence-electron chi connectivity index (χ2n) is 13.0. The molecule has 4 atom stereocenters. The van der Waals surface area contributed by atoms with Gasteiger partial charge in [0.15, 0.2) is 6.29 Å². The van der Waals surface area contributed by atoms with Crippen LogP contribution in [0.2, 0.25) is 0 Å². The van der Waals surface area contributed by atoms with E-state index >= 15 is 0 Å². The zero-order valence-corrected chi connectivity index (χ0v) is 24.5. The van der Waals surface area contributed by atoms with Gasteiger partial charge >= 0.3 is 0 Å². The third-order valence-corrected chi connectivity index (χ3v) is 9.36. The summed E-state index contributed by atoms with van der Waals surface area (Å²) in [6, 6.07) is 8.36. The molecular weight excluding hydrogens is 470 g/mol.